The summed E-state index contributed by atoms with van der Waals surface area (Å²) in [7, 11) is 0. The third-order valence-electron chi connectivity index (χ3n) is 6.33. The molecule has 0 spiro atoms. The SMILES string of the molecule is CC(=O)S[C@H]1C[C@@H](CCCNC(=O)OCc2ccc([N+](=O)[O-])cc2C)N(C(=O)OCc2ccc([N+](=O)[O-])cc2)C1. The molecule has 214 valence electrons. The van der Waals surface area contributed by atoms with Gasteiger partial charge in [0.15, 0.2) is 5.12 Å². The second kappa shape index (κ2) is 14.3. The molecular weight excluding hydrogens is 544 g/mol. The number of non-ortho nitro benzene ring substituents is 2. The van der Waals surface area contributed by atoms with Crippen molar-refractivity contribution in [3.8, 4) is 0 Å². The highest BCUT2D eigenvalue weighted by Gasteiger charge is 2.36. The lowest BCUT2D eigenvalue weighted by molar-refractivity contribution is -0.385. The molecule has 3 rings (SSSR count). The molecule has 1 aliphatic heterocycles. The molecular formula is C26H30N4O9S. The van der Waals surface area contributed by atoms with Gasteiger partial charge in [-0.2, -0.15) is 0 Å². The zero-order chi connectivity index (χ0) is 29.2. The lowest BCUT2D eigenvalue weighted by Gasteiger charge is -2.24. The molecule has 1 saturated heterocycles. The van der Waals surface area contributed by atoms with Crippen molar-refractivity contribution >= 4 is 40.4 Å². The van der Waals surface area contributed by atoms with Gasteiger partial charge in [0.1, 0.15) is 13.2 Å². The fourth-order valence-corrected chi connectivity index (χ4v) is 5.33. The highest BCUT2D eigenvalue weighted by molar-refractivity contribution is 8.14. The number of benzene rings is 2. The van der Waals surface area contributed by atoms with Crippen LogP contribution in [0, 0.1) is 27.2 Å². The molecule has 0 saturated carbocycles. The maximum Gasteiger partial charge on any atom is 0.410 e. The van der Waals surface area contributed by atoms with Crippen LogP contribution in [0.25, 0.3) is 0 Å². The Labute approximate surface area is 234 Å². The molecule has 0 aromatic heterocycles. The van der Waals surface area contributed by atoms with E-state index in [0.717, 1.165) is 0 Å². The van der Waals surface area contributed by atoms with Crippen molar-refractivity contribution in [2.45, 2.75) is 57.6 Å². The quantitative estimate of drug-likeness (QED) is 0.221. The molecule has 1 fully saturated rings. The summed E-state index contributed by atoms with van der Waals surface area (Å²) in [5, 5.41) is 24.2. The van der Waals surface area contributed by atoms with Crippen molar-refractivity contribution in [1.82, 2.24) is 10.2 Å². The normalized spacial score (nSPS) is 16.3. The smallest absolute Gasteiger partial charge is 0.410 e. The standard InChI is InChI=1S/C26H30N4O9S/c1-17-12-23(30(36)37)10-7-20(17)16-38-25(32)27-11-3-4-22-13-24(40-18(2)31)14-28(22)26(33)39-15-19-5-8-21(9-6-19)29(34)35/h5-10,12,22,24H,3-4,11,13-16H2,1-2H3,(H,27,32)/t22-,24+/m1/s1. The van der Waals surface area contributed by atoms with Crippen LogP contribution in [0.15, 0.2) is 42.5 Å². The molecule has 2 aromatic carbocycles. The van der Waals surface area contributed by atoms with E-state index in [0.29, 0.717) is 49.0 Å². The summed E-state index contributed by atoms with van der Waals surface area (Å²) >= 11 is 1.18. The van der Waals surface area contributed by atoms with E-state index in [2.05, 4.69) is 5.32 Å². The number of nitro benzene ring substituents is 2. The Morgan fingerprint density at radius 1 is 1.02 bits per heavy atom. The number of ether oxygens (including phenoxy) is 2. The fraction of sp³-hybridized carbons (Fsp3) is 0.423. The molecule has 1 aliphatic rings. The molecule has 2 atom stereocenters. The first-order valence-corrected chi connectivity index (χ1v) is 13.4. The van der Waals surface area contributed by atoms with E-state index >= 15 is 0 Å². The first-order chi connectivity index (χ1) is 19.0. The number of hydrogen-bond donors (Lipinski definition) is 1. The Balaban J connectivity index is 1.46. The van der Waals surface area contributed by atoms with Gasteiger partial charge in [-0.25, -0.2) is 9.59 Å². The van der Waals surface area contributed by atoms with Crippen molar-refractivity contribution in [3.05, 3.63) is 79.4 Å². The van der Waals surface area contributed by atoms with Crippen LogP contribution in [0.1, 0.15) is 42.9 Å². The van der Waals surface area contributed by atoms with Gasteiger partial charge in [-0.05, 0) is 61.1 Å². The van der Waals surface area contributed by atoms with E-state index in [1.54, 1.807) is 17.9 Å². The van der Waals surface area contributed by atoms with Crippen LogP contribution in [-0.4, -0.2) is 56.4 Å². The molecule has 2 amide bonds. The monoisotopic (exact) mass is 574 g/mol. The number of alkyl carbamates (subject to hydrolysis) is 1. The Hall–Kier alpha value is -4.20. The average Bonchev–Trinajstić information content (AvgIpc) is 3.30. The molecule has 1 N–H and O–H groups in total. The maximum atomic E-state index is 12.9. The van der Waals surface area contributed by atoms with Crippen molar-refractivity contribution in [2.24, 2.45) is 0 Å². The van der Waals surface area contributed by atoms with Gasteiger partial charge in [-0.15, -0.1) is 0 Å². The summed E-state index contributed by atoms with van der Waals surface area (Å²) in [4.78, 5) is 58.9. The van der Waals surface area contributed by atoms with Gasteiger partial charge in [0.05, 0.1) is 9.85 Å². The molecule has 2 aromatic rings. The first-order valence-electron chi connectivity index (χ1n) is 12.5. The number of hydrogen-bond acceptors (Lipinski definition) is 10. The number of carbonyl (C=O) groups excluding carboxylic acids is 3. The van der Waals surface area contributed by atoms with E-state index < -0.39 is 22.0 Å². The van der Waals surface area contributed by atoms with Crippen LogP contribution in [0.3, 0.4) is 0 Å². The van der Waals surface area contributed by atoms with Gasteiger partial charge < -0.3 is 19.7 Å². The Bertz CT molecular complexity index is 1260. The molecule has 13 nitrogen and oxygen atoms in total. The molecule has 0 radical (unpaired) electrons. The summed E-state index contributed by atoms with van der Waals surface area (Å²) in [5.74, 6) is 0. The highest BCUT2D eigenvalue weighted by Crippen LogP contribution is 2.31. The second-order valence-corrected chi connectivity index (χ2v) is 10.7. The Morgan fingerprint density at radius 3 is 2.33 bits per heavy atom. The number of nitrogens with one attached hydrogen (secondary N) is 1. The Kier molecular flexibility index (Phi) is 10.8. The van der Waals surface area contributed by atoms with Gasteiger partial charge in [0.25, 0.3) is 11.4 Å². The predicted octanol–water partition coefficient (Wildman–Crippen LogP) is 4.88. The molecule has 40 heavy (non-hydrogen) atoms. The lowest BCUT2D eigenvalue weighted by Crippen LogP contribution is -2.37. The molecule has 14 heteroatoms. The molecule has 0 aliphatic carbocycles. The third-order valence-corrected chi connectivity index (χ3v) is 7.34. The van der Waals surface area contributed by atoms with E-state index in [9.17, 15) is 34.6 Å². The predicted molar refractivity (Wildman–Crippen MR) is 146 cm³/mol. The van der Waals surface area contributed by atoms with Gasteiger partial charge in [-0.3, -0.25) is 25.0 Å². The minimum absolute atomic E-state index is 0.0311. The van der Waals surface area contributed by atoms with Crippen molar-refractivity contribution in [1.29, 1.82) is 0 Å². The summed E-state index contributed by atoms with van der Waals surface area (Å²) in [5.41, 5.74) is 1.81. The minimum Gasteiger partial charge on any atom is -0.445 e. The van der Waals surface area contributed by atoms with Crippen LogP contribution >= 0.6 is 11.8 Å². The summed E-state index contributed by atoms with van der Waals surface area (Å²) in [6, 6.07) is 9.85. The number of nitrogens with zero attached hydrogens (tertiary/aromatic N) is 3. The lowest BCUT2D eigenvalue weighted by atomic mass is 10.1. The maximum absolute atomic E-state index is 12.9. The first kappa shape index (κ1) is 30.3. The number of carbonyl (C=O) groups is 3. The van der Waals surface area contributed by atoms with E-state index in [1.807, 2.05) is 0 Å². The van der Waals surface area contributed by atoms with Crippen LogP contribution in [0.2, 0.25) is 0 Å². The van der Waals surface area contributed by atoms with E-state index in [4.69, 9.17) is 9.47 Å². The fourth-order valence-electron chi connectivity index (χ4n) is 4.31. The van der Waals surface area contributed by atoms with Crippen molar-refractivity contribution in [3.63, 3.8) is 0 Å². The number of amides is 2. The van der Waals surface area contributed by atoms with E-state index in [1.165, 1.54) is 55.1 Å². The van der Waals surface area contributed by atoms with Gasteiger partial charge in [0, 0.05) is 55.6 Å². The van der Waals surface area contributed by atoms with Crippen LogP contribution in [-0.2, 0) is 27.5 Å². The average molecular weight is 575 g/mol. The van der Waals surface area contributed by atoms with Crippen LogP contribution in [0.5, 0.6) is 0 Å². The molecule has 1 heterocycles. The topological polar surface area (TPSA) is 171 Å². The summed E-state index contributed by atoms with van der Waals surface area (Å²) in [6.45, 7) is 3.74. The Morgan fingerprint density at radius 2 is 1.70 bits per heavy atom. The van der Waals surface area contributed by atoms with Gasteiger partial charge in [0.2, 0.25) is 0 Å². The van der Waals surface area contributed by atoms with Crippen LogP contribution in [0.4, 0.5) is 21.0 Å². The second-order valence-electron chi connectivity index (χ2n) is 9.26. The number of likely N-dealkylation sites (tertiary alicyclic amines) is 1. The molecule has 0 unspecified atom stereocenters. The largest absolute Gasteiger partial charge is 0.445 e. The zero-order valence-corrected chi connectivity index (χ0v) is 22.9. The highest BCUT2D eigenvalue weighted by atomic mass is 32.2. The minimum atomic E-state index is -0.631. The molecule has 0 bridgehead atoms. The van der Waals surface area contributed by atoms with Crippen molar-refractivity contribution in [2.75, 3.05) is 13.1 Å². The number of rotatable bonds is 11. The van der Waals surface area contributed by atoms with Gasteiger partial charge >= 0.3 is 12.2 Å². The zero-order valence-electron chi connectivity index (χ0n) is 22.1. The van der Waals surface area contributed by atoms with Crippen LogP contribution < -0.4 is 5.32 Å². The third kappa shape index (κ3) is 8.93. The van der Waals surface area contributed by atoms with Gasteiger partial charge in [-0.1, -0.05) is 11.8 Å². The van der Waals surface area contributed by atoms with Crippen molar-refractivity contribution < 1.29 is 33.7 Å². The summed E-state index contributed by atoms with van der Waals surface area (Å²) in [6.07, 6.45) is 0.527. The van der Waals surface area contributed by atoms with E-state index in [-0.39, 0.29) is 41.0 Å². The number of aryl methyl sites for hydroxylation is 1. The number of nitro groups is 2. The number of thioether (sulfide) groups is 1. The summed E-state index contributed by atoms with van der Waals surface area (Å²) < 4.78 is 10.7.